The van der Waals surface area contributed by atoms with Crippen LogP contribution in [0.4, 0.5) is 4.39 Å². The van der Waals surface area contributed by atoms with Gasteiger partial charge in [-0.3, -0.25) is 9.59 Å². The standard InChI is InChI=1S/C17H18BrFN2O3S/c1-11(21-17(23)14-7-8-15(18)25-14)16(22)20-9-2-10-24-13-5-3-12(19)4-6-13/h3-8,11H,2,9-10H2,1H3,(H,20,22)(H,21,23). The van der Waals surface area contributed by atoms with Crippen LogP contribution in [-0.2, 0) is 4.79 Å². The predicted molar refractivity (Wildman–Crippen MR) is 98.5 cm³/mol. The van der Waals surface area contributed by atoms with Crippen molar-refractivity contribution in [3.63, 3.8) is 0 Å². The van der Waals surface area contributed by atoms with Crippen LogP contribution in [0, 0.1) is 5.82 Å². The smallest absolute Gasteiger partial charge is 0.262 e. The van der Waals surface area contributed by atoms with E-state index in [2.05, 4.69) is 26.6 Å². The third kappa shape index (κ3) is 6.47. The molecule has 0 radical (unpaired) electrons. The molecule has 1 aromatic carbocycles. The van der Waals surface area contributed by atoms with Gasteiger partial charge in [0, 0.05) is 6.54 Å². The van der Waals surface area contributed by atoms with Crippen molar-refractivity contribution in [2.75, 3.05) is 13.2 Å². The summed E-state index contributed by atoms with van der Waals surface area (Å²) in [6.07, 6.45) is 0.599. The number of ether oxygens (including phenoxy) is 1. The maximum absolute atomic E-state index is 12.8. The summed E-state index contributed by atoms with van der Waals surface area (Å²) >= 11 is 4.60. The van der Waals surface area contributed by atoms with E-state index in [4.69, 9.17) is 4.74 Å². The van der Waals surface area contributed by atoms with Crippen molar-refractivity contribution in [1.29, 1.82) is 0 Å². The minimum atomic E-state index is -0.633. The van der Waals surface area contributed by atoms with E-state index >= 15 is 0 Å². The summed E-state index contributed by atoms with van der Waals surface area (Å²) in [6, 6.07) is 8.60. The summed E-state index contributed by atoms with van der Waals surface area (Å²) in [6.45, 7) is 2.45. The molecule has 0 bridgehead atoms. The van der Waals surface area contributed by atoms with Gasteiger partial charge in [0.05, 0.1) is 15.3 Å². The topological polar surface area (TPSA) is 67.4 Å². The van der Waals surface area contributed by atoms with Crippen LogP contribution >= 0.6 is 27.3 Å². The molecule has 25 heavy (non-hydrogen) atoms. The molecule has 2 amide bonds. The van der Waals surface area contributed by atoms with Gasteiger partial charge in [-0.15, -0.1) is 11.3 Å². The van der Waals surface area contributed by atoms with Gasteiger partial charge in [-0.05, 0) is 65.7 Å². The number of thiophene rings is 1. The minimum absolute atomic E-state index is 0.259. The number of hydrogen-bond donors (Lipinski definition) is 2. The highest BCUT2D eigenvalue weighted by molar-refractivity contribution is 9.11. The highest BCUT2D eigenvalue weighted by atomic mass is 79.9. The molecule has 5 nitrogen and oxygen atoms in total. The molecule has 0 aliphatic carbocycles. The Kier molecular flexibility index (Phi) is 7.39. The molecule has 1 heterocycles. The van der Waals surface area contributed by atoms with Crippen LogP contribution in [-0.4, -0.2) is 31.0 Å². The average molecular weight is 429 g/mol. The molecule has 1 atom stereocenters. The lowest BCUT2D eigenvalue weighted by atomic mass is 10.3. The molecule has 0 spiro atoms. The summed E-state index contributed by atoms with van der Waals surface area (Å²) in [5.41, 5.74) is 0. The largest absolute Gasteiger partial charge is 0.494 e. The van der Waals surface area contributed by atoms with Crippen molar-refractivity contribution in [1.82, 2.24) is 10.6 Å². The van der Waals surface area contributed by atoms with Gasteiger partial charge in [0.25, 0.3) is 5.91 Å². The van der Waals surface area contributed by atoms with E-state index in [0.717, 1.165) is 3.79 Å². The Morgan fingerprint density at radius 3 is 2.60 bits per heavy atom. The van der Waals surface area contributed by atoms with Crippen LogP contribution in [0.1, 0.15) is 23.0 Å². The van der Waals surface area contributed by atoms with Gasteiger partial charge in [0.2, 0.25) is 5.91 Å². The number of rotatable bonds is 8. The number of benzene rings is 1. The quantitative estimate of drug-likeness (QED) is 0.633. The lowest BCUT2D eigenvalue weighted by Crippen LogP contribution is -2.45. The molecule has 8 heteroatoms. The van der Waals surface area contributed by atoms with Crippen LogP contribution in [0.25, 0.3) is 0 Å². The third-order valence-corrected chi connectivity index (χ3v) is 4.86. The van der Waals surface area contributed by atoms with Crippen molar-refractivity contribution in [2.24, 2.45) is 0 Å². The zero-order valence-corrected chi connectivity index (χ0v) is 16.0. The Labute approximate surface area is 157 Å². The number of halogens is 2. The lowest BCUT2D eigenvalue weighted by molar-refractivity contribution is -0.122. The highest BCUT2D eigenvalue weighted by Gasteiger charge is 2.17. The zero-order valence-electron chi connectivity index (χ0n) is 13.6. The number of carbonyl (C=O) groups excluding carboxylic acids is 2. The van der Waals surface area contributed by atoms with Gasteiger partial charge in [-0.25, -0.2) is 4.39 Å². The van der Waals surface area contributed by atoms with Gasteiger partial charge >= 0.3 is 0 Å². The fourth-order valence-corrected chi connectivity index (χ4v) is 3.22. The Bertz CT molecular complexity index is 721. The fraction of sp³-hybridized carbons (Fsp3) is 0.294. The number of hydrogen-bond acceptors (Lipinski definition) is 4. The van der Waals surface area contributed by atoms with Crippen LogP contribution in [0.15, 0.2) is 40.2 Å². The SMILES string of the molecule is CC(NC(=O)c1ccc(Br)s1)C(=O)NCCCOc1ccc(F)cc1. The Morgan fingerprint density at radius 2 is 1.96 bits per heavy atom. The van der Waals surface area contributed by atoms with E-state index in [1.807, 2.05) is 0 Å². The van der Waals surface area contributed by atoms with E-state index in [0.29, 0.717) is 30.2 Å². The van der Waals surface area contributed by atoms with E-state index in [1.54, 1.807) is 31.2 Å². The van der Waals surface area contributed by atoms with Gasteiger partial charge in [0.15, 0.2) is 0 Å². The normalized spacial score (nSPS) is 11.6. The summed E-state index contributed by atoms with van der Waals surface area (Å²) in [5, 5.41) is 5.39. The summed E-state index contributed by atoms with van der Waals surface area (Å²) < 4.78 is 19.1. The molecule has 1 unspecified atom stereocenters. The molecule has 2 aromatic rings. The maximum Gasteiger partial charge on any atom is 0.262 e. The van der Waals surface area contributed by atoms with Gasteiger partial charge in [0.1, 0.15) is 17.6 Å². The lowest BCUT2D eigenvalue weighted by Gasteiger charge is -2.13. The fourth-order valence-electron chi connectivity index (χ4n) is 1.93. The molecule has 0 aliphatic rings. The molecule has 0 saturated carbocycles. The second-order valence-electron chi connectivity index (χ2n) is 5.25. The van der Waals surface area contributed by atoms with Crippen molar-refractivity contribution < 1.29 is 18.7 Å². The molecular formula is C17H18BrFN2O3S. The monoisotopic (exact) mass is 428 g/mol. The molecule has 0 fully saturated rings. The van der Waals surface area contributed by atoms with Crippen molar-refractivity contribution in [3.05, 3.63) is 50.9 Å². The first kappa shape index (κ1) is 19.4. The molecule has 134 valence electrons. The van der Waals surface area contributed by atoms with E-state index in [1.165, 1.54) is 23.5 Å². The number of carbonyl (C=O) groups is 2. The van der Waals surface area contributed by atoms with Crippen molar-refractivity contribution in [2.45, 2.75) is 19.4 Å². The Balaban J connectivity index is 1.64. The minimum Gasteiger partial charge on any atom is -0.494 e. The first-order chi connectivity index (χ1) is 12.0. The van der Waals surface area contributed by atoms with E-state index < -0.39 is 6.04 Å². The average Bonchev–Trinajstić information content (AvgIpc) is 3.02. The van der Waals surface area contributed by atoms with Crippen molar-refractivity contribution >= 4 is 39.1 Å². The molecule has 2 rings (SSSR count). The van der Waals surface area contributed by atoms with E-state index in [-0.39, 0.29) is 17.6 Å². The summed E-state index contributed by atoms with van der Waals surface area (Å²) in [7, 11) is 0. The molecule has 0 saturated heterocycles. The third-order valence-electron chi connectivity index (χ3n) is 3.24. The first-order valence-corrected chi connectivity index (χ1v) is 9.29. The van der Waals surface area contributed by atoms with Crippen molar-refractivity contribution in [3.8, 4) is 5.75 Å². The Hall–Kier alpha value is -1.93. The van der Waals surface area contributed by atoms with Crippen LogP contribution in [0.2, 0.25) is 0 Å². The second kappa shape index (κ2) is 9.53. The van der Waals surface area contributed by atoms with Gasteiger partial charge in [-0.1, -0.05) is 0 Å². The summed E-state index contributed by atoms with van der Waals surface area (Å²) in [4.78, 5) is 24.5. The van der Waals surface area contributed by atoms with Crippen LogP contribution in [0.5, 0.6) is 5.75 Å². The molecule has 0 aliphatic heterocycles. The Morgan fingerprint density at radius 1 is 1.24 bits per heavy atom. The van der Waals surface area contributed by atoms with Crippen LogP contribution < -0.4 is 15.4 Å². The first-order valence-electron chi connectivity index (χ1n) is 7.68. The summed E-state index contributed by atoms with van der Waals surface area (Å²) in [5.74, 6) is -0.273. The highest BCUT2D eigenvalue weighted by Crippen LogP contribution is 2.21. The van der Waals surface area contributed by atoms with Crippen LogP contribution in [0.3, 0.4) is 0 Å². The van der Waals surface area contributed by atoms with Gasteiger partial charge < -0.3 is 15.4 Å². The van der Waals surface area contributed by atoms with E-state index in [9.17, 15) is 14.0 Å². The number of nitrogens with one attached hydrogen (secondary N) is 2. The van der Waals surface area contributed by atoms with Gasteiger partial charge in [-0.2, -0.15) is 0 Å². The zero-order chi connectivity index (χ0) is 18.2. The molecule has 1 aromatic heterocycles. The molecule has 2 N–H and O–H groups in total. The predicted octanol–water partition coefficient (Wildman–Crippen LogP) is 3.35. The number of amides is 2. The maximum atomic E-state index is 12.8. The second-order valence-corrected chi connectivity index (χ2v) is 7.71. The molecular weight excluding hydrogens is 411 g/mol.